The molecule has 2 aromatic carbocycles. The van der Waals surface area contributed by atoms with Gasteiger partial charge in [-0.2, -0.15) is 0 Å². The van der Waals surface area contributed by atoms with E-state index in [9.17, 15) is 4.79 Å². The summed E-state index contributed by atoms with van der Waals surface area (Å²) in [4.78, 5) is 22.7. The van der Waals surface area contributed by atoms with Crippen LogP contribution in [0.5, 0.6) is 5.75 Å². The molecular formula is C22H22N4O2. The minimum Gasteiger partial charge on any atom is -0.487 e. The lowest BCUT2D eigenvalue weighted by Crippen LogP contribution is -2.34. The third-order valence-corrected chi connectivity index (χ3v) is 4.82. The Kier molecular flexibility index (Phi) is 4.93. The van der Waals surface area contributed by atoms with E-state index in [1.807, 2.05) is 55.4 Å². The van der Waals surface area contributed by atoms with Gasteiger partial charge in [0.15, 0.2) is 0 Å². The van der Waals surface area contributed by atoms with Crippen LogP contribution < -0.4 is 15.0 Å². The Morgan fingerprint density at radius 2 is 1.96 bits per heavy atom. The van der Waals surface area contributed by atoms with Crippen molar-refractivity contribution in [1.82, 2.24) is 15.3 Å². The van der Waals surface area contributed by atoms with E-state index in [2.05, 4.69) is 21.4 Å². The fourth-order valence-electron chi connectivity index (χ4n) is 3.35. The highest BCUT2D eigenvalue weighted by atomic mass is 16.5. The van der Waals surface area contributed by atoms with Crippen LogP contribution in [0.1, 0.15) is 15.9 Å². The first-order chi connectivity index (χ1) is 13.6. The van der Waals surface area contributed by atoms with E-state index in [4.69, 9.17) is 4.74 Å². The number of hydrogen-bond donors (Lipinski definition) is 1. The maximum atomic E-state index is 12.5. The first-order valence-electron chi connectivity index (χ1n) is 9.21. The highest BCUT2D eigenvalue weighted by molar-refractivity contribution is 5.95. The molecule has 1 unspecified atom stereocenters. The van der Waals surface area contributed by atoms with E-state index in [1.165, 1.54) is 6.33 Å². The van der Waals surface area contributed by atoms with Gasteiger partial charge in [0.25, 0.3) is 5.91 Å². The van der Waals surface area contributed by atoms with Crippen molar-refractivity contribution >= 4 is 11.6 Å². The number of amides is 1. The largest absolute Gasteiger partial charge is 0.487 e. The molecule has 142 valence electrons. The van der Waals surface area contributed by atoms with Gasteiger partial charge >= 0.3 is 0 Å². The van der Waals surface area contributed by atoms with E-state index in [-0.39, 0.29) is 12.0 Å². The first kappa shape index (κ1) is 18.0. The number of anilines is 1. The molecule has 1 aromatic heterocycles. The molecule has 1 aliphatic heterocycles. The number of carbonyl (C=O) groups is 1. The molecule has 2 heterocycles. The Morgan fingerprint density at radius 3 is 2.75 bits per heavy atom. The van der Waals surface area contributed by atoms with Gasteiger partial charge in [-0.05, 0) is 23.8 Å². The number of hydrogen-bond acceptors (Lipinski definition) is 5. The van der Waals surface area contributed by atoms with Crippen LogP contribution in [0.25, 0.3) is 11.1 Å². The Hall–Kier alpha value is -3.41. The number of fused-ring (bicyclic) bond motifs is 1. The summed E-state index contributed by atoms with van der Waals surface area (Å²) in [5.74, 6) is 0.756. The average Bonchev–Trinajstić information content (AvgIpc) is 3.16. The van der Waals surface area contributed by atoms with Crippen LogP contribution in [0.3, 0.4) is 0 Å². The average molecular weight is 374 g/mol. The molecule has 1 atom stereocenters. The Labute approximate surface area is 164 Å². The lowest BCUT2D eigenvalue weighted by Gasteiger charge is -2.15. The van der Waals surface area contributed by atoms with Crippen molar-refractivity contribution in [3.8, 4) is 16.9 Å². The summed E-state index contributed by atoms with van der Waals surface area (Å²) in [5.41, 5.74) is 4.67. The van der Waals surface area contributed by atoms with Crippen molar-refractivity contribution in [1.29, 1.82) is 0 Å². The van der Waals surface area contributed by atoms with Crippen molar-refractivity contribution in [3.05, 3.63) is 72.3 Å². The molecule has 1 amide bonds. The highest BCUT2D eigenvalue weighted by Gasteiger charge is 2.26. The number of carbonyl (C=O) groups excluding carboxylic acids is 1. The van der Waals surface area contributed by atoms with Gasteiger partial charge in [0.1, 0.15) is 18.2 Å². The second-order valence-electron chi connectivity index (χ2n) is 7.02. The second-order valence-corrected chi connectivity index (χ2v) is 7.02. The fourth-order valence-corrected chi connectivity index (χ4v) is 3.35. The predicted octanol–water partition coefficient (Wildman–Crippen LogP) is 2.94. The van der Waals surface area contributed by atoms with Gasteiger partial charge in [0, 0.05) is 55.3 Å². The van der Waals surface area contributed by atoms with Crippen molar-refractivity contribution < 1.29 is 9.53 Å². The molecule has 0 saturated heterocycles. The van der Waals surface area contributed by atoms with Gasteiger partial charge < -0.3 is 15.0 Å². The molecule has 1 N–H and O–H groups in total. The van der Waals surface area contributed by atoms with E-state index in [0.29, 0.717) is 12.1 Å². The van der Waals surface area contributed by atoms with Crippen LogP contribution in [0, 0.1) is 0 Å². The van der Waals surface area contributed by atoms with E-state index in [1.54, 1.807) is 12.4 Å². The Bertz CT molecular complexity index is 989. The van der Waals surface area contributed by atoms with E-state index in [0.717, 1.165) is 34.5 Å². The van der Waals surface area contributed by atoms with Crippen molar-refractivity contribution in [2.24, 2.45) is 0 Å². The van der Waals surface area contributed by atoms with Crippen LogP contribution in [-0.4, -0.2) is 42.6 Å². The molecule has 0 bridgehead atoms. The summed E-state index contributed by atoms with van der Waals surface area (Å²) in [6, 6.07) is 13.6. The van der Waals surface area contributed by atoms with Crippen molar-refractivity contribution in [3.63, 3.8) is 0 Å². The SMILES string of the molecule is CN(C)c1cccc(C(=O)NCC2Cc3cccc(-c4cncnc4)c3O2)c1. The number of ether oxygens (including phenoxy) is 1. The third kappa shape index (κ3) is 3.67. The van der Waals surface area contributed by atoms with Crippen molar-refractivity contribution in [2.45, 2.75) is 12.5 Å². The zero-order valence-corrected chi connectivity index (χ0v) is 15.9. The van der Waals surface area contributed by atoms with Gasteiger partial charge in [-0.15, -0.1) is 0 Å². The molecule has 28 heavy (non-hydrogen) atoms. The minimum atomic E-state index is -0.0973. The summed E-state index contributed by atoms with van der Waals surface area (Å²) in [6.45, 7) is 0.449. The molecule has 6 nitrogen and oxygen atoms in total. The minimum absolute atomic E-state index is 0.0956. The summed E-state index contributed by atoms with van der Waals surface area (Å²) in [5, 5.41) is 2.99. The van der Waals surface area contributed by atoms with Gasteiger partial charge in [-0.25, -0.2) is 9.97 Å². The summed E-state index contributed by atoms with van der Waals surface area (Å²) in [6.07, 6.45) is 5.73. The third-order valence-electron chi connectivity index (χ3n) is 4.82. The topological polar surface area (TPSA) is 67.4 Å². The standard InChI is InChI=1S/C22H22N4O2/c1-26(2)18-7-3-6-16(9-18)22(27)25-13-19-10-15-5-4-8-20(21(15)28-19)17-11-23-14-24-12-17/h3-9,11-12,14,19H,10,13H2,1-2H3,(H,25,27). The second kappa shape index (κ2) is 7.68. The molecule has 0 aliphatic carbocycles. The summed E-state index contributed by atoms with van der Waals surface area (Å²) >= 11 is 0. The number of aromatic nitrogens is 2. The van der Waals surface area contributed by atoms with E-state index < -0.39 is 0 Å². The normalized spacial score (nSPS) is 14.9. The number of nitrogens with zero attached hydrogens (tertiary/aromatic N) is 3. The van der Waals surface area contributed by atoms with Crippen LogP contribution in [0.2, 0.25) is 0 Å². The lowest BCUT2D eigenvalue weighted by atomic mass is 10.0. The van der Waals surface area contributed by atoms with E-state index >= 15 is 0 Å². The molecule has 0 radical (unpaired) electrons. The van der Waals surface area contributed by atoms with Crippen LogP contribution in [0.15, 0.2) is 61.2 Å². The molecular weight excluding hydrogens is 352 g/mol. The zero-order valence-electron chi connectivity index (χ0n) is 15.9. The monoisotopic (exact) mass is 374 g/mol. The predicted molar refractivity (Wildman–Crippen MR) is 109 cm³/mol. The Balaban J connectivity index is 1.43. The van der Waals surface area contributed by atoms with Gasteiger partial charge in [0.05, 0.1) is 6.54 Å². The van der Waals surface area contributed by atoms with Gasteiger partial charge in [0.2, 0.25) is 0 Å². The van der Waals surface area contributed by atoms with Crippen molar-refractivity contribution in [2.75, 3.05) is 25.5 Å². The quantitative estimate of drug-likeness (QED) is 0.744. The van der Waals surface area contributed by atoms with Crippen LogP contribution in [-0.2, 0) is 6.42 Å². The fraction of sp³-hybridized carbons (Fsp3) is 0.227. The molecule has 0 spiro atoms. The number of benzene rings is 2. The number of para-hydroxylation sites is 1. The number of nitrogens with one attached hydrogen (secondary N) is 1. The maximum Gasteiger partial charge on any atom is 0.251 e. The Morgan fingerprint density at radius 1 is 1.18 bits per heavy atom. The molecule has 0 fully saturated rings. The number of rotatable bonds is 5. The maximum absolute atomic E-state index is 12.5. The van der Waals surface area contributed by atoms with Crippen LogP contribution in [0.4, 0.5) is 5.69 Å². The molecule has 4 rings (SSSR count). The zero-order chi connectivity index (χ0) is 19.5. The first-order valence-corrected chi connectivity index (χ1v) is 9.21. The molecule has 3 aromatic rings. The molecule has 0 saturated carbocycles. The molecule has 1 aliphatic rings. The van der Waals surface area contributed by atoms with Gasteiger partial charge in [-0.3, -0.25) is 4.79 Å². The highest BCUT2D eigenvalue weighted by Crippen LogP contribution is 2.38. The smallest absolute Gasteiger partial charge is 0.251 e. The summed E-state index contributed by atoms with van der Waals surface area (Å²) in [7, 11) is 3.91. The molecule has 6 heteroatoms. The lowest BCUT2D eigenvalue weighted by molar-refractivity contribution is 0.0933. The van der Waals surface area contributed by atoms with Crippen LogP contribution >= 0.6 is 0 Å². The van der Waals surface area contributed by atoms with Gasteiger partial charge in [-0.1, -0.05) is 24.3 Å². The summed E-state index contributed by atoms with van der Waals surface area (Å²) < 4.78 is 6.16.